The number of nitrogens with zero attached hydrogens (tertiary/aromatic N) is 3. The number of ether oxygens (including phenoxy) is 1. The number of para-hydroxylation sites is 2. The van der Waals surface area contributed by atoms with Crippen LogP contribution in [0.15, 0.2) is 48.9 Å². The van der Waals surface area contributed by atoms with Gasteiger partial charge < -0.3 is 9.84 Å². The second-order valence-corrected chi connectivity index (χ2v) is 4.34. The molecular weight excluding hydrogens is 254 g/mol. The van der Waals surface area contributed by atoms with Crippen molar-refractivity contribution in [3.63, 3.8) is 0 Å². The zero-order chi connectivity index (χ0) is 13.9. The Morgan fingerprint density at radius 1 is 1.10 bits per heavy atom. The molecule has 1 N–H and O–H groups in total. The second-order valence-electron chi connectivity index (χ2n) is 4.34. The van der Waals surface area contributed by atoms with E-state index >= 15 is 0 Å². The Morgan fingerprint density at radius 3 is 2.70 bits per heavy atom. The summed E-state index contributed by atoms with van der Waals surface area (Å²) in [7, 11) is 1.56. The normalized spacial score (nSPS) is 12.3. The summed E-state index contributed by atoms with van der Waals surface area (Å²) in [5, 5.41) is 10.4. The van der Waals surface area contributed by atoms with Gasteiger partial charge >= 0.3 is 0 Å². The Bertz CT molecular complexity index is 746. The van der Waals surface area contributed by atoms with Crippen LogP contribution in [0.1, 0.15) is 17.4 Å². The molecule has 1 unspecified atom stereocenters. The minimum atomic E-state index is -0.880. The smallest absolute Gasteiger partial charge is 0.137 e. The van der Waals surface area contributed by atoms with Crippen LogP contribution in [-0.2, 0) is 0 Å². The number of fused-ring (bicyclic) bond motifs is 1. The number of methoxy groups -OCH3 is 1. The first-order valence-corrected chi connectivity index (χ1v) is 6.16. The Labute approximate surface area is 115 Å². The maximum Gasteiger partial charge on any atom is 0.137 e. The minimum absolute atomic E-state index is 0.485. The zero-order valence-corrected chi connectivity index (χ0v) is 10.9. The van der Waals surface area contributed by atoms with Crippen LogP contribution in [0.3, 0.4) is 0 Å². The topological polar surface area (TPSA) is 68.1 Å². The second kappa shape index (κ2) is 5.22. The maximum absolute atomic E-state index is 10.4. The molecule has 100 valence electrons. The van der Waals surface area contributed by atoms with Crippen molar-refractivity contribution < 1.29 is 9.84 Å². The molecule has 0 saturated carbocycles. The molecule has 0 aliphatic carbocycles. The lowest BCUT2D eigenvalue weighted by atomic mass is 10.1. The third-order valence-corrected chi connectivity index (χ3v) is 3.03. The van der Waals surface area contributed by atoms with Crippen LogP contribution >= 0.6 is 0 Å². The third-order valence-electron chi connectivity index (χ3n) is 3.03. The molecule has 2 heterocycles. The largest absolute Gasteiger partial charge is 0.495 e. The molecule has 0 bridgehead atoms. The van der Waals surface area contributed by atoms with E-state index in [2.05, 4.69) is 15.0 Å². The van der Waals surface area contributed by atoms with E-state index in [1.807, 2.05) is 24.3 Å². The van der Waals surface area contributed by atoms with Gasteiger partial charge in [0.2, 0.25) is 0 Å². The molecular formula is C15H13N3O2. The fourth-order valence-corrected chi connectivity index (χ4v) is 1.97. The van der Waals surface area contributed by atoms with E-state index in [4.69, 9.17) is 4.74 Å². The summed E-state index contributed by atoms with van der Waals surface area (Å²) >= 11 is 0. The average Bonchev–Trinajstić information content (AvgIpc) is 2.53. The highest BCUT2D eigenvalue weighted by Gasteiger charge is 2.14. The predicted octanol–water partition coefficient (Wildman–Crippen LogP) is 2.12. The average molecular weight is 267 g/mol. The quantitative estimate of drug-likeness (QED) is 0.787. The lowest BCUT2D eigenvalue weighted by Gasteiger charge is -2.11. The van der Waals surface area contributed by atoms with E-state index in [1.165, 1.54) is 0 Å². The summed E-state index contributed by atoms with van der Waals surface area (Å²) in [4.78, 5) is 12.8. The molecule has 0 aliphatic heterocycles. The van der Waals surface area contributed by atoms with Gasteiger partial charge in [0.1, 0.15) is 11.9 Å². The standard InChI is InChI=1S/C15H13N3O2/c1-20-11-6-10(7-16-8-11)15(19)14-9-17-12-4-2-3-5-13(12)18-14/h2-9,15,19H,1H3. The first-order chi connectivity index (χ1) is 9.78. The minimum Gasteiger partial charge on any atom is -0.495 e. The van der Waals surface area contributed by atoms with Crippen molar-refractivity contribution in [1.82, 2.24) is 15.0 Å². The number of benzene rings is 1. The van der Waals surface area contributed by atoms with Crippen LogP contribution in [0.4, 0.5) is 0 Å². The van der Waals surface area contributed by atoms with E-state index in [0.29, 0.717) is 17.0 Å². The van der Waals surface area contributed by atoms with E-state index in [9.17, 15) is 5.11 Å². The molecule has 1 aromatic carbocycles. The number of aromatic nitrogens is 3. The molecule has 0 spiro atoms. The SMILES string of the molecule is COc1cncc(C(O)c2cnc3ccccc3n2)c1. The van der Waals surface area contributed by atoms with Gasteiger partial charge in [0, 0.05) is 11.8 Å². The van der Waals surface area contributed by atoms with Gasteiger partial charge in [0.25, 0.3) is 0 Å². The van der Waals surface area contributed by atoms with Crippen LogP contribution in [0, 0.1) is 0 Å². The molecule has 3 rings (SSSR count). The van der Waals surface area contributed by atoms with Gasteiger partial charge in [-0.2, -0.15) is 0 Å². The highest BCUT2D eigenvalue weighted by atomic mass is 16.5. The number of aliphatic hydroxyl groups excluding tert-OH is 1. The lowest BCUT2D eigenvalue weighted by molar-refractivity contribution is 0.214. The fourth-order valence-electron chi connectivity index (χ4n) is 1.97. The van der Waals surface area contributed by atoms with Crippen LogP contribution in [-0.4, -0.2) is 27.2 Å². The lowest BCUT2D eigenvalue weighted by Crippen LogP contribution is -2.04. The van der Waals surface area contributed by atoms with Crippen LogP contribution in [0.2, 0.25) is 0 Å². The highest BCUT2D eigenvalue weighted by molar-refractivity contribution is 5.73. The van der Waals surface area contributed by atoms with Gasteiger partial charge in [0.15, 0.2) is 0 Å². The van der Waals surface area contributed by atoms with Crippen molar-refractivity contribution in [2.24, 2.45) is 0 Å². The summed E-state index contributed by atoms with van der Waals surface area (Å²) in [5.41, 5.74) is 2.65. The molecule has 2 aromatic heterocycles. The van der Waals surface area contributed by atoms with Crippen molar-refractivity contribution >= 4 is 11.0 Å². The Kier molecular flexibility index (Phi) is 3.26. The number of pyridine rings is 1. The molecule has 0 amide bonds. The van der Waals surface area contributed by atoms with E-state index in [1.54, 1.807) is 31.8 Å². The number of hydrogen-bond acceptors (Lipinski definition) is 5. The zero-order valence-electron chi connectivity index (χ0n) is 10.9. The molecule has 0 fully saturated rings. The van der Waals surface area contributed by atoms with Gasteiger partial charge in [-0.05, 0) is 18.2 Å². The van der Waals surface area contributed by atoms with Crippen LogP contribution < -0.4 is 4.74 Å². The maximum atomic E-state index is 10.4. The van der Waals surface area contributed by atoms with Gasteiger partial charge in [0.05, 0.1) is 36.2 Å². The molecule has 1 atom stereocenters. The molecule has 0 saturated heterocycles. The van der Waals surface area contributed by atoms with E-state index < -0.39 is 6.10 Å². The Balaban J connectivity index is 2.00. The number of rotatable bonds is 3. The summed E-state index contributed by atoms with van der Waals surface area (Å²) in [5.74, 6) is 0.593. The fraction of sp³-hybridized carbons (Fsp3) is 0.133. The van der Waals surface area contributed by atoms with Gasteiger partial charge in [-0.1, -0.05) is 12.1 Å². The molecule has 5 heteroatoms. The van der Waals surface area contributed by atoms with Crippen LogP contribution in [0.5, 0.6) is 5.75 Å². The van der Waals surface area contributed by atoms with Crippen molar-refractivity contribution in [1.29, 1.82) is 0 Å². The Hall–Kier alpha value is -2.53. The van der Waals surface area contributed by atoms with Crippen molar-refractivity contribution in [2.45, 2.75) is 6.10 Å². The molecule has 20 heavy (non-hydrogen) atoms. The van der Waals surface area contributed by atoms with Gasteiger partial charge in [-0.15, -0.1) is 0 Å². The summed E-state index contributed by atoms with van der Waals surface area (Å²) in [6.07, 6.45) is 3.87. The molecule has 5 nitrogen and oxygen atoms in total. The van der Waals surface area contributed by atoms with Gasteiger partial charge in [-0.3, -0.25) is 9.97 Å². The third kappa shape index (κ3) is 2.31. The molecule has 0 aliphatic rings. The number of hydrogen-bond donors (Lipinski definition) is 1. The first kappa shape index (κ1) is 12.5. The van der Waals surface area contributed by atoms with E-state index in [0.717, 1.165) is 11.0 Å². The van der Waals surface area contributed by atoms with Crippen molar-refractivity contribution in [3.8, 4) is 5.75 Å². The van der Waals surface area contributed by atoms with Crippen molar-refractivity contribution in [3.05, 3.63) is 60.2 Å². The first-order valence-electron chi connectivity index (χ1n) is 6.16. The number of aliphatic hydroxyl groups is 1. The monoisotopic (exact) mass is 267 g/mol. The van der Waals surface area contributed by atoms with Crippen molar-refractivity contribution in [2.75, 3.05) is 7.11 Å². The molecule has 0 radical (unpaired) electrons. The van der Waals surface area contributed by atoms with Crippen LogP contribution in [0.25, 0.3) is 11.0 Å². The summed E-state index contributed by atoms with van der Waals surface area (Å²) in [6.45, 7) is 0. The predicted molar refractivity (Wildman–Crippen MR) is 74.4 cm³/mol. The highest BCUT2D eigenvalue weighted by Crippen LogP contribution is 2.23. The Morgan fingerprint density at radius 2 is 1.90 bits per heavy atom. The van der Waals surface area contributed by atoms with Gasteiger partial charge in [-0.25, -0.2) is 4.98 Å². The summed E-state index contributed by atoms with van der Waals surface area (Å²) in [6, 6.07) is 9.27. The molecule has 3 aromatic rings. The summed E-state index contributed by atoms with van der Waals surface area (Å²) < 4.78 is 5.10. The van der Waals surface area contributed by atoms with E-state index in [-0.39, 0.29) is 0 Å².